The standard InChI is InChI=1S/C17H26FN3/c1-13-11-21(12-14-7-16(18)9-19-8-14)17(10-20-13)15-5-3-2-4-6-15/h7-9,13,15,17,20H,2-6,10-12H2,1H3. The van der Waals surface area contributed by atoms with E-state index < -0.39 is 0 Å². The van der Waals surface area contributed by atoms with Crippen molar-refractivity contribution in [3.63, 3.8) is 0 Å². The van der Waals surface area contributed by atoms with Crippen LogP contribution in [0.25, 0.3) is 0 Å². The van der Waals surface area contributed by atoms with Crippen LogP contribution >= 0.6 is 0 Å². The number of halogens is 1. The van der Waals surface area contributed by atoms with Gasteiger partial charge in [-0.05, 0) is 37.3 Å². The molecule has 0 bridgehead atoms. The highest BCUT2D eigenvalue weighted by Crippen LogP contribution is 2.30. The summed E-state index contributed by atoms with van der Waals surface area (Å²) in [5.41, 5.74) is 0.991. The Kier molecular flexibility index (Phi) is 4.86. The smallest absolute Gasteiger partial charge is 0.141 e. The Hall–Kier alpha value is -1.00. The molecule has 2 fully saturated rings. The van der Waals surface area contributed by atoms with Crippen molar-refractivity contribution >= 4 is 0 Å². The molecule has 0 radical (unpaired) electrons. The molecule has 1 N–H and O–H groups in total. The maximum absolute atomic E-state index is 13.4. The lowest BCUT2D eigenvalue weighted by molar-refractivity contribution is 0.0687. The molecule has 1 saturated carbocycles. The molecular formula is C17H26FN3. The van der Waals surface area contributed by atoms with Gasteiger partial charge in [0.2, 0.25) is 0 Å². The van der Waals surface area contributed by atoms with E-state index in [4.69, 9.17) is 0 Å². The van der Waals surface area contributed by atoms with Crippen LogP contribution in [0.3, 0.4) is 0 Å². The summed E-state index contributed by atoms with van der Waals surface area (Å²) in [7, 11) is 0. The molecule has 0 amide bonds. The van der Waals surface area contributed by atoms with Crippen molar-refractivity contribution in [2.24, 2.45) is 5.92 Å². The molecule has 0 aromatic carbocycles. The lowest BCUT2D eigenvalue weighted by atomic mass is 9.82. The van der Waals surface area contributed by atoms with E-state index in [0.717, 1.165) is 31.1 Å². The molecular weight excluding hydrogens is 265 g/mol. The maximum atomic E-state index is 13.4. The van der Waals surface area contributed by atoms with Crippen LogP contribution in [-0.4, -0.2) is 35.1 Å². The van der Waals surface area contributed by atoms with E-state index >= 15 is 0 Å². The Morgan fingerprint density at radius 1 is 1.29 bits per heavy atom. The average molecular weight is 291 g/mol. The van der Waals surface area contributed by atoms with E-state index in [1.54, 1.807) is 12.3 Å². The lowest BCUT2D eigenvalue weighted by Gasteiger charge is -2.44. The zero-order chi connectivity index (χ0) is 14.7. The molecule has 1 saturated heterocycles. The second kappa shape index (κ2) is 6.84. The summed E-state index contributed by atoms with van der Waals surface area (Å²) in [6.45, 7) is 5.15. The third-order valence-electron chi connectivity index (χ3n) is 4.99. The minimum absolute atomic E-state index is 0.232. The minimum atomic E-state index is -0.232. The van der Waals surface area contributed by atoms with Crippen LogP contribution in [0.1, 0.15) is 44.6 Å². The van der Waals surface area contributed by atoms with Gasteiger partial charge in [-0.2, -0.15) is 0 Å². The van der Waals surface area contributed by atoms with Crippen LogP contribution < -0.4 is 5.32 Å². The molecule has 116 valence electrons. The van der Waals surface area contributed by atoms with Gasteiger partial charge in [0.15, 0.2) is 0 Å². The summed E-state index contributed by atoms with van der Waals surface area (Å²) < 4.78 is 13.4. The van der Waals surface area contributed by atoms with Crippen molar-refractivity contribution in [1.82, 2.24) is 15.2 Å². The van der Waals surface area contributed by atoms with Gasteiger partial charge in [0.25, 0.3) is 0 Å². The summed E-state index contributed by atoms with van der Waals surface area (Å²) in [4.78, 5) is 6.54. The zero-order valence-corrected chi connectivity index (χ0v) is 12.9. The fourth-order valence-corrected chi connectivity index (χ4v) is 3.95. The predicted octanol–water partition coefficient (Wildman–Crippen LogP) is 2.96. The largest absolute Gasteiger partial charge is 0.311 e. The predicted molar refractivity (Wildman–Crippen MR) is 82.4 cm³/mol. The van der Waals surface area contributed by atoms with Gasteiger partial charge in [0, 0.05) is 37.9 Å². The topological polar surface area (TPSA) is 28.2 Å². The van der Waals surface area contributed by atoms with Gasteiger partial charge >= 0.3 is 0 Å². The highest BCUT2D eigenvalue weighted by atomic mass is 19.1. The van der Waals surface area contributed by atoms with Gasteiger partial charge in [0.05, 0.1) is 6.20 Å². The van der Waals surface area contributed by atoms with E-state index in [-0.39, 0.29) is 5.82 Å². The van der Waals surface area contributed by atoms with Crippen molar-refractivity contribution < 1.29 is 4.39 Å². The number of aromatic nitrogens is 1. The molecule has 1 aliphatic heterocycles. The van der Waals surface area contributed by atoms with Crippen LogP contribution in [0, 0.1) is 11.7 Å². The summed E-state index contributed by atoms with van der Waals surface area (Å²) >= 11 is 0. The number of nitrogens with zero attached hydrogens (tertiary/aromatic N) is 2. The number of rotatable bonds is 3. The first kappa shape index (κ1) is 14.9. The van der Waals surface area contributed by atoms with Crippen molar-refractivity contribution in [1.29, 1.82) is 0 Å². The molecule has 21 heavy (non-hydrogen) atoms. The summed E-state index contributed by atoms with van der Waals surface area (Å²) in [6.07, 6.45) is 9.90. The summed E-state index contributed by atoms with van der Waals surface area (Å²) in [6, 6.07) is 2.72. The van der Waals surface area contributed by atoms with Crippen LogP contribution in [-0.2, 0) is 6.54 Å². The molecule has 2 heterocycles. The number of pyridine rings is 1. The summed E-state index contributed by atoms with van der Waals surface area (Å²) in [5, 5.41) is 3.63. The molecule has 4 heteroatoms. The molecule has 0 spiro atoms. The average Bonchev–Trinajstić information content (AvgIpc) is 2.48. The van der Waals surface area contributed by atoms with E-state index in [9.17, 15) is 4.39 Å². The quantitative estimate of drug-likeness (QED) is 0.928. The highest BCUT2D eigenvalue weighted by Gasteiger charge is 2.32. The second-order valence-corrected chi connectivity index (χ2v) is 6.72. The van der Waals surface area contributed by atoms with Gasteiger partial charge in [-0.25, -0.2) is 4.39 Å². The molecule has 1 aromatic heterocycles. The number of nitrogens with one attached hydrogen (secondary N) is 1. The first-order valence-electron chi connectivity index (χ1n) is 8.29. The molecule has 3 nitrogen and oxygen atoms in total. The van der Waals surface area contributed by atoms with Crippen LogP contribution in [0.4, 0.5) is 4.39 Å². The van der Waals surface area contributed by atoms with Crippen molar-refractivity contribution in [2.75, 3.05) is 13.1 Å². The van der Waals surface area contributed by atoms with Crippen LogP contribution in [0.2, 0.25) is 0 Å². The lowest BCUT2D eigenvalue weighted by Crippen LogP contribution is -2.57. The Bertz CT molecular complexity index is 459. The van der Waals surface area contributed by atoms with Crippen molar-refractivity contribution in [3.8, 4) is 0 Å². The Morgan fingerprint density at radius 2 is 2.10 bits per heavy atom. The van der Waals surface area contributed by atoms with Crippen molar-refractivity contribution in [3.05, 3.63) is 29.8 Å². The Labute approximate surface area is 126 Å². The molecule has 2 aliphatic rings. The molecule has 2 atom stereocenters. The highest BCUT2D eigenvalue weighted by molar-refractivity contribution is 5.11. The third kappa shape index (κ3) is 3.80. The van der Waals surface area contributed by atoms with E-state index in [1.165, 1.54) is 38.3 Å². The second-order valence-electron chi connectivity index (χ2n) is 6.72. The molecule has 3 rings (SSSR count). The monoisotopic (exact) mass is 291 g/mol. The van der Waals surface area contributed by atoms with Crippen LogP contribution in [0.15, 0.2) is 18.5 Å². The summed E-state index contributed by atoms with van der Waals surface area (Å²) in [5.74, 6) is 0.560. The molecule has 1 aliphatic carbocycles. The maximum Gasteiger partial charge on any atom is 0.141 e. The molecule has 2 unspecified atom stereocenters. The number of hydrogen-bond donors (Lipinski definition) is 1. The zero-order valence-electron chi connectivity index (χ0n) is 12.9. The molecule has 1 aromatic rings. The van der Waals surface area contributed by atoms with Gasteiger partial charge in [0.1, 0.15) is 5.82 Å². The van der Waals surface area contributed by atoms with Gasteiger partial charge in [-0.1, -0.05) is 19.3 Å². The van der Waals surface area contributed by atoms with Crippen LogP contribution in [0.5, 0.6) is 0 Å². The third-order valence-corrected chi connectivity index (χ3v) is 4.99. The van der Waals surface area contributed by atoms with Gasteiger partial charge in [-0.3, -0.25) is 9.88 Å². The SMILES string of the molecule is CC1CN(Cc2cncc(F)c2)C(C2CCCCC2)CN1. The Morgan fingerprint density at radius 3 is 2.86 bits per heavy atom. The van der Waals surface area contributed by atoms with Gasteiger partial charge in [-0.15, -0.1) is 0 Å². The van der Waals surface area contributed by atoms with Crippen molar-refractivity contribution in [2.45, 2.75) is 57.7 Å². The fraction of sp³-hybridized carbons (Fsp3) is 0.706. The Balaban J connectivity index is 1.71. The van der Waals surface area contributed by atoms with E-state index in [1.807, 2.05) is 0 Å². The first-order chi connectivity index (χ1) is 10.2. The van der Waals surface area contributed by atoms with E-state index in [2.05, 4.69) is 22.1 Å². The first-order valence-corrected chi connectivity index (χ1v) is 8.29. The minimum Gasteiger partial charge on any atom is -0.311 e. The number of hydrogen-bond acceptors (Lipinski definition) is 3. The van der Waals surface area contributed by atoms with Gasteiger partial charge < -0.3 is 5.32 Å². The normalized spacial score (nSPS) is 28.7. The van der Waals surface area contributed by atoms with E-state index in [0.29, 0.717) is 12.1 Å². The fourth-order valence-electron chi connectivity index (χ4n) is 3.95. The number of piperazine rings is 1.